The van der Waals surface area contributed by atoms with Crippen molar-refractivity contribution in [3.05, 3.63) is 36.0 Å². The molecule has 0 saturated heterocycles. The molecule has 0 spiro atoms. The van der Waals surface area contributed by atoms with Gasteiger partial charge in [-0.05, 0) is 12.1 Å². The van der Waals surface area contributed by atoms with Crippen molar-refractivity contribution < 1.29 is 14.3 Å². The zero-order chi connectivity index (χ0) is 11.5. The molecule has 1 heterocycles. The number of aromatic nitrogens is 1. The molecule has 0 amide bonds. The Morgan fingerprint density at radius 2 is 2.00 bits per heavy atom. The molecule has 2 rings (SSSR count). The average Bonchev–Trinajstić information content (AvgIpc) is 2.36. The fraction of sp³-hybridized carbons (Fsp3) is 0.167. The molecule has 4 heteroatoms. The van der Waals surface area contributed by atoms with Gasteiger partial charge in [0.2, 0.25) is 0 Å². The van der Waals surface area contributed by atoms with Crippen LogP contribution < -0.4 is 4.74 Å². The maximum atomic E-state index is 11.5. The number of hydrogen-bond donors (Lipinski definition) is 0. The summed E-state index contributed by atoms with van der Waals surface area (Å²) in [6, 6.07) is 7.46. The molecule has 1 aromatic carbocycles. The van der Waals surface area contributed by atoms with Gasteiger partial charge in [0, 0.05) is 11.6 Å². The molecular weight excluding hydrogens is 206 g/mol. The van der Waals surface area contributed by atoms with Gasteiger partial charge in [-0.2, -0.15) is 0 Å². The second kappa shape index (κ2) is 4.18. The number of esters is 1. The minimum absolute atomic E-state index is 0.337. The molecule has 0 unspecified atom stereocenters. The molecule has 0 radical (unpaired) electrons. The Hall–Kier alpha value is -2.10. The van der Waals surface area contributed by atoms with Crippen LogP contribution in [-0.4, -0.2) is 25.2 Å². The molecule has 4 nitrogen and oxygen atoms in total. The van der Waals surface area contributed by atoms with Gasteiger partial charge in [0.25, 0.3) is 0 Å². The molecule has 0 bridgehead atoms. The molecule has 0 aliphatic heterocycles. The van der Waals surface area contributed by atoms with Crippen LogP contribution in [0.1, 0.15) is 10.4 Å². The summed E-state index contributed by atoms with van der Waals surface area (Å²) < 4.78 is 9.91. The summed E-state index contributed by atoms with van der Waals surface area (Å²) in [5.41, 5.74) is 1.12. The van der Waals surface area contributed by atoms with E-state index in [2.05, 4.69) is 9.72 Å². The van der Waals surface area contributed by atoms with Gasteiger partial charge in [0.05, 0.1) is 19.7 Å². The quantitative estimate of drug-likeness (QED) is 0.722. The first kappa shape index (κ1) is 10.4. The molecule has 0 aliphatic rings. The molecule has 0 saturated carbocycles. The van der Waals surface area contributed by atoms with Gasteiger partial charge in [-0.15, -0.1) is 0 Å². The van der Waals surface area contributed by atoms with E-state index >= 15 is 0 Å². The van der Waals surface area contributed by atoms with E-state index in [1.807, 2.05) is 24.3 Å². The number of para-hydroxylation sites is 1. The van der Waals surface area contributed by atoms with Crippen LogP contribution in [0.5, 0.6) is 5.75 Å². The second-order valence-corrected chi connectivity index (χ2v) is 3.21. The number of methoxy groups -OCH3 is 2. The summed E-state index contributed by atoms with van der Waals surface area (Å²) in [5, 5.41) is 0.799. The normalized spacial score (nSPS) is 10.1. The lowest BCUT2D eigenvalue weighted by Crippen LogP contribution is -2.05. The van der Waals surface area contributed by atoms with Crippen LogP contribution in [0.3, 0.4) is 0 Å². The summed E-state index contributed by atoms with van der Waals surface area (Å²) in [7, 11) is 2.85. The van der Waals surface area contributed by atoms with Crippen LogP contribution in [0.15, 0.2) is 30.5 Å². The Morgan fingerprint density at radius 3 is 2.69 bits per heavy atom. The van der Waals surface area contributed by atoms with E-state index in [1.165, 1.54) is 20.4 Å². The van der Waals surface area contributed by atoms with Gasteiger partial charge in [-0.25, -0.2) is 4.79 Å². The predicted octanol–water partition coefficient (Wildman–Crippen LogP) is 2.03. The van der Waals surface area contributed by atoms with Crippen molar-refractivity contribution in [2.24, 2.45) is 0 Å². The largest absolute Gasteiger partial charge is 0.495 e. The van der Waals surface area contributed by atoms with E-state index in [9.17, 15) is 4.79 Å². The molecule has 0 N–H and O–H groups in total. The van der Waals surface area contributed by atoms with E-state index in [0.717, 1.165) is 10.9 Å². The number of benzene rings is 1. The van der Waals surface area contributed by atoms with Crippen LogP contribution in [0.4, 0.5) is 0 Å². The zero-order valence-corrected chi connectivity index (χ0v) is 9.06. The van der Waals surface area contributed by atoms with E-state index < -0.39 is 5.97 Å². The fourth-order valence-corrected chi connectivity index (χ4v) is 1.59. The topological polar surface area (TPSA) is 48.4 Å². The van der Waals surface area contributed by atoms with Crippen LogP contribution in [-0.2, 0) is 4.74 Å². The van der Waals surface area contributed by atoms with E-state index in [1.54, 1.807) is 0 Å². The van der Waals surface area contributed by atoms with Crippen LogP contribution in [0, 0.1) is 0 Å². The number of carbonyl (C=O) groups is 1. The predicted molar refractivity (Wildman–Crippen MR) is 59.6 cm³/mol. The van der Waals surface area contributed by atoms with Crippen molar-refractivity contribution in [1.82, 2.24) is 4.98 Å². The van der Waals surface area contributed by atoms with Crippen molar-refractivity contribution in [3.8, 4) is 5.75 Å². The van der Waals surface area contributed by atoms with Gasteiger partial charge in [0.1, 0.15) is 11.3 Å². The van der Waals surface area contributed by atoms with Gasteiger partial charge in [-0.3, -0.25) is 4.98 Å². The van der Waals surface area contributed by atoms with Crippen LogP contribution in [0.2, 0.25) is 0 Å². The maximum Gasteiger partial charge on any atom is 0.343 e. The van der Waals surface area contributed by atoms with Crippen molar-refractivity contribution in [3.63, 3.8) is 0 Å². The molecular formula is C12H11NO3. The number of fused-ring (bicyclic) bond motifs is 1. The van der Waals surface area contributed by atoms with Crippen LogP contribution >= 0.6 is 0 Å². The first-order valence-electron chi connectivity index (χ1n) is 4.78. The number of hydrogen-bond acceptors (Lipinski definition) is 4. The van der Waals surface area contributed by atoms with E-state index in [4.69, 9.17) is 4.74 Å². The third-order valence-corrected chi connectivity index (χ3v) is 2.34. The highest BCUT2D eigenvalue weighted by Gasteiger charge is 2.15. The van der Waals surface area contributed by atoms with Crippen molar-refractivity contribution in [1.29, 1.82) is 0 Å². The van der Waals surface area contributed by atoms with E-state index in [-0.39, 0.29) is 0 Å². The Balaban J connectivity index is 2.72. The standard InChI is InChI=1S/C12H11NO3/c1-15-11-8-5-3-4-6-10(8)13-7-9(11)12(14)16-2/h3-7H,1-2H3. The van der Waals surface area contributed by atoms with Gasteiger partial charge >= 0.3 is 5.97 Å². The molecule has 0 fully saturated rings. The Labute approximate surface area is 92.8 Å². The lowest BCUT2D eigenvalue weighted by atomic mass is 10.1. The smallest absolute Gasteiger partial charge is 0.343 e. The highest BCUT2D eigenvalue weighted by atomic mass is 16.5. The first-order valence-corrected chi connectivity index (χ1v) is 4.78. The summed E-state index contributed by atoms with van der Waals surface area (Å²) >= 11 is 0. The third-order valence-electron chi connectivity index (χ3n) is 2.34. The monoisotopic (exact) mass is 217 g/mol. The first-order chi connectivity index (χ1) is 7.77. The zero-order valence-electron chi connectivity index (χ0n) is 9.06. The van der Waals surface area contributed by atoms with E-state index in [0.29, 0.717) is 11.3 Å². The third kappa shape index (κ3) is 1.58. The van der Waals surface area contributed by atoms with Gasteiger partial charge < -0.3 is 9.47 Å². The summed E-state index contributed by atoms with van der Waals surface area (Å²) in [6.45, 7) is 0. The highest BCUT2D eigenvalue weighted by Crippen LogP contribution is 2.28. The molecule has 2 aromatic rings. The number of carbonyl (C=O) groups excluding carboxylic acids is 1. The Bertz CT molecular complexity index is 537. The lowest BCUT2D eigenvalue weighted by Gasteiger charge is -2.09. The molecule has 1 aromatic heterocycles. The number of pyridine rings is 1. The molecule has 0 aliphatic carbocycles. The summed E-state index contributed by atoms with van der Waals surface area (Å²) in [5.74, 6) is 0.0487. The fourth-order valence-electron chi connectivity index (χ4n) is 1.59. The number of nitrogens with zero attached hydrogens (tertiary/aromatic N) is 1. The van der Waals surface area contributed by atoms with Gasteiger partial charge in [0.15, 0.2) is 0 Å². The number of rotatable bonds is 2. The molecule has 0 atom stereocenters. The van der Waals surface area contributed by atoms with Crippen molar-refractivity contribution in [2.45, 2.75) is 0 Å². The van der Waals surface area contributed by atoms with Crippen LogP contribution in [0.25, 0.3) is 10.9 Å². The molecule has 16 heavy (non-hydrogen) atoms. The van der Waals surface area contributed by atoms with Crippen molar-refractivity contribution >= 4 is 16.9 Å². The summed E-state index contributed by atoms with van der Waals surface area (Å²) in [6.07, 6.45) is 1.47. The Kier molecular flexibility index (Phi) is 2.72. The minimum Gasteiger partial charge on any atom is -0.495 e. The average molecular weight is 217 g/mol. The maximum absolute atomic E-state index is 11.5. The highest BCUT2D eigenvalue weighted by molar-refractivity contribution is 5.99. The number of ether oxygens (including phenoxy) is 2. The SMILES string of the molecule is COC(=O)c1cnc2ccccc2c1OC. The van der Waals surface area contributed by atoms with Gasteiger partial charge in [-0.1, -0.05) is 12.1 Å². The Morgan fingerprint density at radius 1 is 1.25 bits per heavy atom. The lowest BCUT2D eigenvalue weighted by molar-refractivity contribution is 0.0597. The summed E-state index contributed by atoms with van der Waals surface area (Å²) in [4.78, 5) is 15.7. The van der Waals surface area contributed by atoms with Crippen molar-refractivity contribution in [2.75, 3.05) is 14.2 Å². The second-order valence-electron chi connectivity index (χ2n) is 3.21. The molecule has 82 valence electrons. The minimum atomic E-state index is -0.449.